The van der Waals surface area contributed by atoms with Gasteiger partial charge in [-0.1, -0.05) is 5.21 Å². The number of carboxylic acid groups (broad SMARTS) is 1. The molecule has 162 valence electrons. The number of anilines is 2. The van der Waals surface area contributed by atoms with E-state index in [1.165, 1.54) is 10.7 Å². The van der Waals surface area contributed by atoms with Crippen molar-refractivity contribution in [1.82, 2.24) is 25.0 Å². The number of ether oxygens (including phenoxy) is 1. The number of halogens is 1. The number of aliphatic carboxylic acids is 1. The molecule has 31 heavy (non-hydrogen) atoms. The van der Waals surface area contributed by atoms with Gasteiger partial charge in [0.1, 0.15) is 5.82 Å². The maximum atomic E-state index is 14.8. The molecule has 10 nitrogen and oxygen atoms in total. The minimum absolute atomic E-state index is 0.00636. The van der Waals surface area contributed by atoms with Gasteiger partial charge in [-0.05, 0) is 31.4 Å². The van der Waals surface area contributed by atoms with E-state index in [-0.39, 0.29) is 17.8 Å². The Morgan fingerprint density at radius 3 is 2.84 bits per heavy atom. The second-order valence-electron chi connectivity index (χ2n) is 7.83. The van der Waals surface area contributed by atoms with E-state index in [0.29, 0.717) is 67.6 Å². The van der Waals surface area contributed by atoms with Gasteiger partial charge < -0.3 is 20.1 Å². The quantitative estimate of drug-likeness (QED) is 0.629. The number of benzene rings is 1. The van der Waals surface area contributed by atoms with Crippen LogP contribution in [0.3, 0.4) is 0 Å². The number of rotatable bonds is 5. The first kappa shape index (κ1) is 19.6. The molecule has 3 aromatic rings. The standard InChI is InChI=1S/C20H22FN7O3/c21-15-10-14(3-4-17(15)27-5-7-31-8-6-27)28-18-16(25-26-28)11-22-20(24-18)23-13-2-1-12(9-13)19(29)30/h3-4,10-13H,1-2,5-9H2,(H,29,30)(H,22,23,24)/t12-,13-/m1/s1. The van der Waals surface area contributed by atoms with Gasteiger partial charge in [0.25, 0.3) is 0 Å². The summed E-state index contributed by atoms with van der Waals surface area (Å²) >= 11 is 0. The number of hydrogen-bond acceptors (Lipinski definition) is 8. The molecule has 3 heterocycles. The van der Waals surface area contributed by atoms with Crippen LogP contribution in [0.5, 0.6) is 0 Å². The Morgan fingerprint density at radius 2 is 2.10 bits per heavy atom. The largest absolute Gasteiger partial charge is 0.481 e. The second kappa shape index (κ2) is 8.06. The molecule has 1 saturated heterocycles. The zero-order chi connectivity index (χ0) is 21.4. The fraction of sp³-hybridized carbons (Fsp3) is 0.450. The zero-order valence-electron chi connectivity index (χ0n) is 16.7. The van der Waals surface area contributed by atoms with E-state index in [9.17, 15) is 14.3 Å². The summed E-state index contributed by atoms with van der Waals surface area (Å²) in [6.07, 6.45) is 3.45. The maximum absolute atomic E-state index is 14.8. The molecule has 1 aliphatic heterocycles. The lowest BCUT2D eigenvalue weighted by molar-refractivity contribution is -0.141. The van der Waals surface area contributed by atoms with Gasteiger partial charge in [-0.3, -0.25) is 4.79 Å². The highest BCUT2D eigenvalue weighted by Gasteiger charge is 2.30. The summed E-state index contributed by atoms with van der Waals surface area (Å²) in [7, 11) is 0. The fourth-order valence-electron chi connectivity index (χ4n) is 4.18. The predicted octanol–water partition coefficient (Wildman–Crippen LogP) is 1.85. The molecule has 2 aromatic heterocycles. The Bertz CT molecular complexity index is 1120. The Kier molecular flexibility index (Phi) is 5.10. The van der Waals surface area contributed by atoms with Crippen molar-refractivity contribution < 1.29 is 19.0 Å². The third kappa shape index (κ3) is 3.88. The highest BCUT2D eigenvalue weighted by atomic mass is 19.1. The van der Waals surface area contributed by atoms with Crippen LogP contribution in [0.15, 0.2) is 24.4 Å². The summed E-state index contributed by atoms with van der Waals surface area (Å²) in [5, 5.41) is 20.6. The van der Waals surface area contributed by atoms with Crippen LogP contribution in [-0.4, -0.2) is 68.4 Å². The molecule has 11 heteroatoms. The van der Waals surface area contributed by atoms with Crippen molar-refractivity contribution in [3.63, 3.8) is 0 Å². The fourth-order valence-corrected chi connectivity index (χ4v) is 4.18. The normalized spacial score (nSPS) is 21.5. The van der Waals surface area contributed by atoms with Crippen molar-refractivity contribution in [3.8, 4) is 5.69 Å². The minimum Gasteiger partial charge on any atom is -0.481 e. The molecule has 0 unspecified atom stereocenters. The van der Waals surface area contributed by atoms with Crippen molar-refractivity contribution in [2.24, 2.45) is 5.92 Å². The van der Waals surface area contributed by atoms with Crippen LogP contribution in [0.4, 0.5) is 16.0 Å². The van der Waals surface area contributed by atoms with Gasteiger partial charge >= 0.3 is 5.97 Å². The summed E-state index contributed by atoms with van der Waals surface area (Å²) in [5.41, 5.74) is 1.97. The molecular weight excluding hydrogens is 405 g/mol. The molecule has 2 N–H and O–H groups in total. The van der Waals surface area contributed by atoms with E-state index in [1.807, 2.05) is 4.90 Å². The number of nitrogens with zero attached hydrogens (tertiary/aromatic N) is 6. The second-order valence-corrected chi connectivity index (χ2v) is 7.83. The maximum Gasteiger partial charge on any atom is 0.306 e. The van der Waals surface area contributed by atoms with Gasteiger partial charge in [0.05, 0.1) is 36.7 Å². The van der Waals surface area contributed by atoms with Crippen LogP contribution in [0.1, 0.15) is 19.3 Å². The number of carboxylic acids is 1. The number of hydrogen-bond donors (Lipinski definition) is 2. The topological polar surface area (TPSA) is 118 Å². The number of carbonyl (C=O) groups is 1. The Balaban J connectivity index is 1.39. The van der Waals surface area contributed by atoms with Crippen molar-refractivity contribution in [2.75, 3.05) is 36.5 Å². The number of fused-ring (bicyclic) bond motifs is 1. The molecule has 1 aliphatic carbocycles. The van der Waals surface area contributed by atoms with Crippen LogP contribution in [0.2, 0.25) is 0 Å². The molecule has 2 atom stereocenters. The molecule has 1 saturated carbocycles. The molecule has 5 rings (SSSR count). The highest BCUT2D eigenvalue weighted by Crippen LogP contribution is 2.28. The third-order valence-corrected chi connectivity index (χ3v) is 5.84. The van der Waals surface area contributed by atoms with Gasteiger partial charge in [0.2, 0.25) is 5.95 Å². The average molecular weight is 427 g/mol. The smallest absolute Gasteiger partial charge is 0.306 e. The van der Waals surface area contributed by atoms with Gasteiger partial charge in [-0.2, -0.15) is 9.67 Å². The Morgan fingerprint density at radius 1 is 1.26 bits per heavy atom. The van der Waals surface area contributed by atoms with Crippen molar-refractivity contribution in [1.29, 1.82) is 0 Å². The third-order valence-electron chi connectivity index (χ3n) is 5.84. The summed E-state index contributed by atoms with van der Waals surface area (Å²) in [5.74, 6) is -1.09. The number of morpholine rings is 1. The Labute approximate surface area is 177 Å². The van der Waals surface area contributed by atoms with Crippen molar-refractivity contribution in [3.05, 3.63) is 30.2 Å². The molecule has 0 radical (unpaired) electrons. The lowest BCUT2D eigenvalue weighted by Gasteiger charge is -2.29. The number of nitrogens with one attached hydrogen (secondary N) is 1. The lowest BCUT2D eigenvalue weighted by Crippen LogP contribution is -2.36. The van der Waals surface area contributed by atoms with Gasteiger partial charge in [-0.15, -0.1) is 5.10 Å². The van der Waals surface area contributed by atoms with Crippen molar-refractivity contribution >= 4 is 28.8 Å². The van der Waals surface area contributed by atoms with E-state index in [1.54, 1.807) is 18.3 Å². The molecule has 2 fully saturated rings. The van der Waals surface area contributed by atoms with Crippen LogP contribution >= 0.6 is 0 Å². The van der Waals surface area contributed by atoms with Crippen LogP contribution in [0, 0.1) is 11.7 Å². The lowest BCUT2D eigenvalue weighted by atomic mass is 10.1. The minimum atomic E-state index is -0.773. The first-order valence-corrected chi connectivity index (χ1v) is 10.3. The van der Waals surface area contributed by atoms with Crippen molar-refractivity contribution in [2.45, 2.75) is 25.3 Å². The van der Waals surface area contributed by atoms with E-state index >= 15 is 0 Å². The molecule has 1 aromatic carbocycles. The van der Waals surface area contributed by atoms with E-state index < -0.39 is 5.97 Å². The van der Waals surface area contributed by atoms with Crippen LogP contribution in [-0.2, 0) is 9.53 Å². The van der Waals surface area contributed by atoms with E-state index in [0.717, 1.165) is 6.42 Å². The first-order valence-electron chi connectivity index (χ1n) is 10.3. The SMILES string of the molecule is O=C(O)[C@@H]1CC[C@@H](Nc2ncc3nnn(-c4ccc(N5CCOCC5)c(F)c4)c3n2)C1. The first-order chi connectivity index (χ1) is 15.1. The van der Waals surface area contributed by atoms with Gasteiger partial charge in [0, 0.05) is 25.2 Å². The average Bonchev–Trinajstić information content (AvgIpc) is 3.41. The number of aromatic nitrogens is 5. The molecule has 0 amide bonds. The predicted molar refractivity (Wildman–Crippen MR) is 110 cm³/mol. The van der Waals surface area contributed by atoms with Gasteiger partial charge in [0.15, 0.2) is 11.2 Å². The summed E-state index contributed by atoms with van der Waals surface area (Å²) in [6, 6.07) is 4.93. The van der Waals surface area contributed by atoms with Crippen LogP contribution < -0.4 is 10.2 Å². The summed E-state index contributed by atoms with van der Waals surface area (Å²) < 4.78 is 21.6. The highest BCUT2D eigenvalue weighted by molar-refractivity contribution is 5.72. The Hall–Kier alpha value is -3.34. The molecule has 0 spiro atoms. The monoisotopic (exact) mass is 427 g/mol. The summed E-state index contributed by atoms with van der Waals surface area (Å²) in [4.78, 5) is 21.9. The molecular formula is C20H22FN7O3. The van der Waals surface area contributed by atoms with Crippen LogP contribution in [0.25, 0.3) is 16.9 Å². The zero-order valence-corrected chi connectivity index (χ0v) is 16.7. The summed E-state index contributed by atoms with van der Waals surface area (Å²) in [6.45, 7) is 2.45. The molecule has 2 aliphatic rings. The van der Waals surface area contributed by atoms with Gasteiger partial charge in [-0.25, -0.2) is 9.37 Å². The molecule has 0 bridgehead atoms. The van der Waals surface area contributed by atoms with E-state index in [4.69, 9.17) is 4.74 Å². The van der Waals surface area contributed by atoms with E-state index in [2.05, 4.69) is 25.6 Å².